The molecule has 0 atom stereocenters. The Labute approximate surface area is 156 Å². The van der Waals surface area contributed by atoms with E-state index in [1.807, 2.05) is 12.1 Å². The van der Waals surface area contributed by atoms with Gasteiger partial charge in [-0.25, -0.2) is 4.39 Å². The molecule has 0 aromatic heterocycles. The molecule has 0 bridgehead atoms. The van der Waals surface area contributed by atoms with Gasteiger partial charge in [-0.15, -0.1) is 0 Å². The molecule has 0 aliphatic heterocycles. The number of phenols is 1. The van der Waals surface area contributed by atoms with Crippen molar-refractivity contribution in [3.63, 3.8) is 0 Å². The first-order valence-corrected chi connectivity index (χ1v) is 8.23. The maximum Gasteiger partial charge on any atom is 0.255 e. The minimum atomic E-state index is -0.352. The molecule has 6 heteroatoms. The summed E-state index contributed by atoms with van der Waals surface area (Å²) in [7, 11) is 1.46. The summed E-state index contributed by atoms with van der Waals surface area (Å²) >= 11 is 0. The van der Waals surface area contributed by atoms with Gasteiger partial charge in [0, 0.05) is 6.54 Å². The smallest absolute Gasteiger partial charge is 0.255 e. The number of carbonyl (C=O) groups is 1. The molecule has 0 heterocycles. The molecule has 3 rings (SSSR count). The third-order valence-corrected chi connectivity index (χ3v) is 3.85. The highest BCUT2D eigenvalue weighted by Crippen LogP contribution is 2.24. The molecule has 0 saturated carbocycles. The molecule has 138 valence electrons. The summed E-state index contributed by atoms with van der Waals surface area (Å²) in [6, 6.07) is 17.3. The maximum atomic E-state index is 12.9. The van der Waals surface area contributed by atoms with E-state index in [-0.39, 0.29) is 23.0 Å². The molecular weight excluding hydrogens is 349 g/mol. The highest BCUT2D eigenvalue weighted by molar-refractivity contribution is 5.97. The van der Waals surface area contributed by atoms with Crippen LogP contribution in [-0.2, 0) is 6.54 Å². The van der Waals surface area contributed by atoms with Crippen LogP contribution in [0.2, 0.25) is 0 Å². The summed E-state index contributed by atoms with van der Waals surface area (Å²) in [6.45, 7) is 0.300. The van der Waals surface area contributed by atoms with Gasteiger partial charge >= 0.3 is 0 Å². The first-order chi connectivity index (χ1) is 13.0. The largest absolute Gasteiger partial charge is 0.508 e. The lowest BCUT2D eigenvalue weighted by Crippen LogP contribution is -2.23. The predicted octanol–water partition coefficient (Wildman–Crippen LogP) is 4.26. The Balaban J connectivity index is 1.61. The Morgan fingerprint density at radius 1 is 1.00 bits per heavy atom. The molecule has 3 aromatic rings. The summed E-state index contributed by atoms with van der Waals surface area (Å²) in [6.07, 6.45) is 0. The van der Waals surface area contributed by atoms with Crippen molar-refractivity contribution in [3.05, 3.63) is 83.7 Å². The van der Waals surface area contributed by atoms with Crippen molar-refractivity contribution in [2.45, 2.75) is 6.54 Å². The lowest BCUT2D eigenvalue weighted by atomic mass is 10.1. The van der Waals surface area contributed by atoms with Crippen LogP contribution in [0.4, 0.5) is 4.39 Å². The van der Waals surface area contributed by atoms with Crippen LogP contribution < -0.4 is 14.8 Å². The summed E-state index contributed by atoms with van der Waals surface area (Å²) in [5.41, 5.74) is 1.13. The average Bonchev–Trinajstić information content (AvgIpc) is 2.69. The van der Waals surface area contributed by atoms with Crippen molar-refractivity contribution in [2.75, 3.05) is 7.11 Å². The fourth-order valence-corrected chi connectivity index (χ4v) is 2.47. The van der Waals surface area contributed by atoms with Crippen molar-refractivity contribution in [3.8, 4) is 23.0 Å². The molecule has 27 heavy (non-hydrogen) atoms. The van der Waals surface area contributed by atoms with Crippen LogP contribution in [0.1, 0.15) is 15.9 Å². The fourth-order valence-electron chi connectivity index (χ4n) is 2.47. The van der Waals surface area contributed by atoms with Gasteiger partial charge in [0.2, 0.25) is 0 Å². The number of carbonyl (C=O) groups excluding carboxylic acids is 1. The van der Waals surface area contributed by atoms with Gasteiger partial charge in [-0.1, -0.05) is 12.1 Å². The standard InChI is InChI=1S/C21H18FNO4/c1-26-20-11-6-16(24)12-19(20)21(25)23-13-14-2-7-17(8-3-14)27-18-9-4-15(22)5-10-18/h2-12,24H,13H2,1H3,(H,23,25). The molecule has 0 aliphatic carbocycles. The number of phenolic OH excluding ortho intramolecular Hbond substituents is 1. The first kappa shape index (κ1) is 18.3. The topological polar surface area (TPSA) is 67.8 Å². The van der Waals surface area contributed by atoms with Crippen molar-refractivity contribution in [1.29, 1.82) is 0 Å². The molecule has 0 radical (unpaired) electrons. The number of hydrogen-bond donors (Lipinski definition) is 2. The number of hydrogen-bond acceptors (Lipinski definition) is 4. The number of halogens is 1. The average molecular weight is 367 g/mol. The van der Waals surface area contributed by atoms with Gasteiger partial charge in [0.05, 0.1) is 12.7 Å². The quantitative estimate of drug-likeness (QED) is 0.683. The normalized spacial score (nSPS) is 10.3. The van der Waals surface area contributed by atoms with E-state index < -0.39 is 0 Å². The van der Waals surface area contributed by atoms with Crippen molar-refractivity contribution < 1.29 is 23.8 Å². The van der Waals surface area contributed by atoms with Crippen LogP contribution >= 0.6 is 0 Å². The predicted molar refractivity (Wildman–Crippen MR) is 98.7 cm³/mol. The highest BCUT2D eigenvalue weighted by Gasteiger charge is 2.13. The Kier molecular flexibility index (Phi) is 5.56. The third kappa shape index (κ3) is 4.76. The lowest BCUT2D eigenvalue weighted by molar-refractivity contribution is 0.0947. The molecule has 1 amide bonds. The van der Waals surface area contributed by atoms with E-state index in [2.05, 4.69) is 5.32 Å². The van der Waals surface area contributed by atoms with Gasteiger partial charge in [-0.05, 0) is 60.2 Å². The SMILES string of the molecule is COc1ccc(O)cc1C(=O)NCc1ccc(Oc2ccc(F)cc2)cc1. The van der Waals surface area contributed by atoms with E-state index >= 15 is 0 Å². The molecule has 3 aromatic carbocycles. The fraction of sp³-hybridized carbons (Fsp3) is 0.0952. The van der Waals surface area contributed by atoms with Gasteiger partial charge < -0.3 is 19.9 Å². The van der Waals surface area contributed by atoms with Gasteiger partial charge in [0.15, 0.2) is 0 Å². The molecule has 0 unspecified atom stereocenters. The Morgan fingerprint density at radius 3 is 2.26 bits per heavy atom. The summed E-state index contributed by atoms with van der Waals surface area (Å²) in [5.74, 6) is 0.836. The molecule has 0 aliphatic rings. The molecular formula is C21H18FNO4. The second kappa shape index (κ2) is 8.23. The number of benzene rings is 3. The number of ether oxygens (including phenoxy) is 2. The third-order valence-electron chi connectivity index (χ3n) is 3.85. The van der Waals surface area contributed by atoms with Gasteiger partial charge in [0.1, 0.15) is 28.8 Å². The minimum absolute atomic E-state index is 0.0109. The zero-order valence-corrected chi connectivity index (χ0v) is 14.6. The molecule has 0 spiro atoms. The second-order valence-electron chi connectivity index (χ2n) is 5.77. The zero-order valence-electron chi connectivity index (χ0n) is 14.6. The summed E-state index contributed by atoms with van der Waals surface area (Å²) < 4.78 is 23.7. The summed E-state index contributed by atoms with van der Waals surface area (Å²) in [5, 5.41) is 12.3. The van der Waals surface area contributed by atoms with Crippen molar-refractivity contribution >= 4 is 5.91 Å². The zero-order chi connectivity index (χ0) is 19.2. The number of aromatic hydroxyl groups is 1. The van der Waals surface area contributed by atoms with E-state index in [0.717, 1.165) is 5.56 Å². The van der Waals surface area contributed by atoms with Gasteiger partial charge in [-0.2, -0.15) is 0 Å². The van der Waals surface area contributed by atoms with Crippen molar-refractivity contribution in [1.82, 2.24) is 5.32 Å². The summed E-state index contributed by atoms with van der Waals surface area (Å²) in [4.78, 5) is 12.3. The van der Waals surface area contributed by atoms with E-state index in [1.54, 1.807) is 24.3 Å². The van der Waals surface area contributed by atoms with E-state index in [4.69, 9.17) is 9.47 Å². The highest BCUT2D eigenvalue weighted by atomic mass is 19.1. The van der Waals surface area contributed by atoms with E-state index in [1.165, 1.54) is 37.4 Å². The van der Waals surface area contributed by atoms with E-state index in [9.17, 15) is 14.3 Å². The van der Waals surface area contributed by atoms with E-state index in [0.29, 0.717) is 23.8 Å². The maximum absolute atomic E-state index is 12.9. The Morgan fingerprint density at radius 2 is 1.63 bits per heavy atom. The number of nitrogens with one attached hydrogen (secondary N) is 1. The molecule has 5 nitrogen and oxygen atoms in total. The number of rotatable bonds is 6. The van der Waals surface area contributed by atoms with Gasteiger partial charge in [-0.3, -0.25) is 4.79 Å². The van der Waals surface area contributed by atoms with Crippen LogP contribution in [0, 0.1) is 5.82 Å². The molecule has 0 saturated heterocycles. The Bertz CT molecular complexity index is 924. The van der Waals surface area contributed by atoms with Crippen LogP contribution in [-0.4, -0.2) is 18.1 Å². The minimum Gasteiger partial charge on any atom is -0.508 e. The molecule has 0 fully saturated rings. The van der Waals surface area contributed by atoms with Crippen LogP contribution in [0.5, 0.6) is 23.0 Å². The number of methoxy groups -OCH3 is 1. The lowest BCUT2D eigenvalue weighted by Gasteiger charge is -2.10. The van der Waals surface area contributed by atoms with Crippen LogP contribution in [0.3, 0.4) is 0 Å². The Hall–Kier alpha value is -3.54. The monoisotopic (exact) mass is 367 g/mol. The van der Waals surface area contributed by atoms with Crippen molar-refractivity contribution in [2.24, 2.45) is 0 Å². The first-order valence-electron chi connectivity index (χ1n) is 8.23. The molecule has 2 N–H and O–H groups in total. The van der Waals surface area contributed by atoms with Crippen LogP contribution in [0.25, 0.3) is 0 Å². The second-order valence-corrected chi connectivity index (χ2v) is 5.77. The van der Waals surface area contributed by atoms with Crippen LogP contribution in [0.15, 0.2) is 66.7 Å². The van der Waals surface area contributed by atoms with Gasteiger partial charge in [0.25, 0.3) is 5.91 Å². The number of amides is 1.